The summed E-state index contributed by atoms with van der Waals surface area (Å²) in [5.41, 5.74) is 5.72. The van der Waals surface area contributed by atoms with Gasteiger partial charge in [0.15, 0.2) is 0 Å². The minimum Gasteiger partial charge on any atom is -0.379 e. The van der Waals surface area contributed by atoms with Crippen molar-refractivity contribution in [2.24, 2.45) is 11.7 Å². The number of hydrogen-bond donors (Lipinski definition) is 3. The third kappa shape index (κ3) is 4.74. The van der Waals surface area contributed by atoms with Gasteiger partial charge in [-0.1, -0.05) is 0 Å². The summed E-state index contributed by atoms with van der Waals surface area (Å²) in [5.74, 6) is 0.0564. The highest BCUT2D eigenvalue weighted by Crippen LogP contribution is 2.21. The Balaban J connectivity index is 1.78. The molecule has 148 valence electrons. The number of H-pyrrole nitrogens is 1. The van der Waals surface area contributed by atoms with Gasteiger partial charge in [0.2, 0.25) is 5.91 Å². The SMILES string of the molecule is N=C(/C=C\c1ncc(-c2cc(N3CCOCC(C(N)=O)C3)ncn2)[nH]1)C(F)F. The van der Waals surface area contributed by atoms with Crippen molar-refractivity contribution in [2.75, 3.05) is 31.2 Å². The van der Waals surface area contributed by atoms with Gasteiger partial charge in [0, 0.05) is 19.2 Å². The number of rotatable bonds is 6. The molecular formula is C17H19F2N7O2. The van der Waals surface area contributed by atoms with Crippen LogP contribution in [-0.4, -0.2) is 64.3 Å². The minimum atomic E-state index is -2.84. The van der Waals surface area contributed by atoms with Crippen LogP contribution in [0.1, 0.15) is 5.82 Å². The molecule has 1 amide bonds. The summed E-state index contributed by atoms with van der Waals surface area (Å²) in [4.78, 5) is 28.9. The maximum atomic E-state index is 12.4. The number of anilines is 1. The molecule has 2 aromatic rings. The summed E-state index contributed by atoms with van der Waals surface area (Å²) in [6.45, 7) is 1.65. The Kier molecular flexibility index (Phi) is 6.04. The normalized spacial score (nSPS) is 17.8. The Morgan fingerprint density at radius 2 is 2.25 bits per heavy atom. The van der Waals surface area contributed by atoms with Gasteiger partial charge in [-0.25, -0.2) is 23.7 Å². The van der Waals surface area contributed by atoms with Crippen LogP contribution in [-0.2, 0) is 9.53 Å². The molecule has 1 aliphatic rings. The van der Waals surface area contributed by atoms with E-state index < -0.39 is 24.0 Å². The van der Waals surface area contributed by atoms with E-state index in [4.69, 9.17) is 15.9 Å². The highest BCUT2D eigenvalue weighted by atomic mass is 19.3. The Morgan fingerprint density at radius 1 is 1.43 bits per heavy atom. The Hall–Kier alpha value is -3.21. The molecule has 1 saturated heterocycles. The number of allylic oxidation sites excluding steroid dienone is 1. The minimum absolute atomic E-state index is 0.271. The van der Waals surface area contributed by atoms with E-state index >= 15 is 0 Å². The first kappa shape index (κ1) is 19.5. The fourth-order valence-corrected chi connectivity index (χ4v) is 2.65. The van der Waals surface area contributed by atoms with Crippen LogP contribution in [0.25, 0.3) is 17.5 Å². The quantitative estimate of drug-likeness (QED) is 0.632. The summed E-state index contributed by atoms with van der Waals surface area (Å²) in [6.07, 6.45) is 2.34. The van der Waals surface area contributed by atoms with E-state index in [-0.39, 0.29) is 6.61 Å². The number of primary amides is 1. The van der Waals surface area contributed by atoms with Crippen LogP contribution in [0, 0.1) is 11.3 Å². The number of carbonyl (C=O) groups is 1. The number of ether oxygens (including phenoxy) is 1. The molecule has 3 rings (SSSR count). The number of imidazole rings is 1. The number of hydrogen-bond acceptors (Lipinski definition) is 7. The standard InChI is InChI=1S/C17H19F2N7O2/c18-16(19)11(20)1-2-14-22-6-13(25-14)12-5-15(24-9-23-12)26-3-4-28-8-10(7-26)17(21)27/h1-2,5-6,9-10,16,20H,3-4,7-8H2,(H2,21,27)(H,22,25)/b2-1-,20-11?. The smallest absolute Gasteiger partial charge is 0.279 e. The van der Waals surface area contributed by atoms with Crippen LogP contribution in [0.5, 0.6) is 0 Å². The van der Waals surface area contributed by atoms with Gasteiger partial charge in [0.1, 0.15) is 18.0 Å². The van der Waals surface area contributed by atoms with Gasteiger partial charge in [0.05, 0.1) is 42.4 Å². The third-order valence-electron chi connectivity index (χ3n) is 4.17. The molecule has 28 heavy (non-hydrogen) atoms. The van der Waals surface area contributed by atoms with Gasteiger partial charge in [-0.3, -0.25) is 10.2 Å². The van der Waals surface area contributed by atoms with Crippen molar-refractivity contribution < 1.29 is 18.3 Å². The van der Waals surface area contributed by atoms with Crippen molar-refractivity contribution in [1.29, 1.82) is 5.41 Å². The molecule has 11 heteroatoms. The largest absolute Gasteiger partial charge is 0.379 e. The summed E-state index contributed by atoms with van der Waals surface area (Å²) in [6, 6.07) is 1.73. The molecule has 1 fully saturated rings. The van der Waals surface area contributed by atoms with E-state index in [9.17, 15) is 13.6 Å². The van der Waals surface area contributed by atoms with Crippen molar-refractivity contribution in [3.63, 3.8) is 0 Å². The van der Waals surface area contributed by atoms with Crippen LogP contribution in [0.4, 0.5) is 14.6 Å². The number of halogens is 2. The first-order chi connectivity index (χ1) is 13.4. The maximum absolute atomic E-state index is 12.4. The van der Waals surface area contributed by atoms with Crippen molar-refractivity contribution >= 4 is 23.5 Å². The highest BCUT2D eigenvalue weighted by Gasteiger charge is 2.24. The number of nitrogens with two attached hydrogens (primary N) is 1. The zero-order valence-corrected chi connectivity index (χ0v) is 14.8. The lowest BCUT2D eigenvalue weighted by Crippen LogP contribution is -2.37. The first-order valence-electron chi connectivity index (χ1n) is 8.48. The lowest BCUT2D eigenvalue weighted by Gasteiger charge is -2.23. The van der Waals surface area contributed by atoms with E-state index in [0.717, 1.165) is 6.08 Å². The van der Waals surface area contributed by atoms with Crippen LogP contribution in [0.2, 0.25) is 0 Å². The van der Waals surface area contributed by atoms with Gasteiger partial charge in [-0.2, -0.15) is 0 Å². The number of carbonyl (C=O) groups excluding carboxylic acids is 1. The molecule has 1 unspecified atom stereocenters. The van der Waals surface area contributed by atoms with E-state index in [1.54, 1.807) is 6.07 Å². The van der Waals surface area contributed by atoms with Crippen LogP contribution >= 0.6 is 0 Å². The monoisotopic (exact) mass is 391 g/mol. The summed E-state index contributed by atoms with van der Waals surface area (Å²) in [7, 11) is 0. The highest BCUT2D eigenvalue weighted by molar-refractivity contribution is 5.97. The Labute approximate surface area is 159 Å². The zero-order chi connectivity index (χ0) is 20.1. The predicted octanol–water partition coefficient (Wildman–Crippen LogP) is 1.10. The molecule has 0 radical (unpaired) electrons. The van der Waals surface area contributed by atoms with Crippen molar-refractivity contribution in [2.45, 2.75) is 6.43 Å². The number of aromatic nitrogens is 4. The molecule has 2 aromatic heterocycles. The molecule has 1 atom stereocenters. The van der Waals surface area contributed by atoms with Gasteiger partial charge < -0.3 is 20.4 Å². The predicted molar refractivity (Wildman–Crippen MR) is 98.1 cm³/mol. The number of nitrogens with one attached hydrogen (secondary N) is 2. The van der Waals surface area contributed by atoms with E-state index in [1.165, 1.54) is 18.6 Å². The second kappa shape index (κ2) is 8.65. The summed E-state index contributed by atoms with van der Waals surface area (Å²) >= 11 is 0. The van der Waals surface area contributed by atoms with E-state index in [0.29, 0.717) is 42.7 Å². The van der Waals surface area contributed by atoms with Gasteiger partial charge in [0.25, 0.3) is 6.43 Å². The number of aromatic amines is 1. The summed E-state index contributed by atoms with van der Waals surface area (Å²) < 4.78 is 30.1. The van der Waals surface area contributed by atoms with E-state index in [1.807, 2.05) is 4.90 Å². The molecule has 9 nitrogen and oxygen atoms in total. The lowest BCUT2D eigenvalue weighted by molar-refractivity contribution is -0.122. The van der Waals surface area contributed by atoms with Crippen molar-refractivity contribution in [1.82, 2.24) is 19.9 Å². The molecule has 0 spiro atoms. The van der Waals surface area contributed by atoms with Crippen LogP contribution < -0.4 is 10.6 Å². The number of alkyl halides is 2. The maximum Gasteiger partial charge on any atom is 0.279 e. The van der Waals surface area contributed by atoms with Crippen LogP contribution in [0.3, 0.4) is 0 Å². The number of amides is 1. The second-order valence-corrected chi connectivity index (χ2v) is 6.15. The Bertz CT molecular complexity index is 884. The van der Waals surface area contributed by atoms with Crippen molar-refractivity contribution in [3.8, 4) is 11.4 Å². The lowest BCUT2D eigenvalue weighted by atomic mass is 10.1. The fourth-order valence-electron chi connectivity index (χ4n) is 2.65. The van der Waals surface area contributed by atoms with Crippen molar-refractivity contribution in [3.05, 3.63) is 30.5 Å². The molecule has 4 N–H and O–H groups in total. The molecular weight excluding hydrogens is 372 g/mol. The van der Waals surface area contributed by atoms with Gasteiger partial charge in [-0.15, -0.1) is 0 Å². The molecule has 0 bridgehead atoms. The summed E-state index contributed by atoms with van der Waals surface area (Å²) in [5, 5.41) is 7.12. The second-order valence-electron chi connectivity index (χ2n) is 6.15. The molecule has 0 saturated carbocycles. The first-order valence-corrected chi connectivity index (χ1v) is 8.48. The van der Waals surface area contributed by atoms with Gasteiger partial charge >= 0.3 is 0 Å². The van der Waals surface area contributed by atoms with Crippen LogP contribution in [0.15, 0.2) is 24.7 Å². The average Bonchev–Trinajstić information content (AvgIpc) is 3.01. The van der Waals surface area contributed by atoms with Gasteiger partial charge in [-0.05, 0) is 12.2 Å². The Morgan fingerprint density at radius 3 is 3.00 bits per heavy atom. The fraction of sp³-hybridized carbons (Fsp3) is 0.353. The molecule has 0 aliphatic carbocycles. The van der Waals surface area contributed by atoms with E-state index in [2.05, 4.69) is 19.9 Å². The topological polar surface area (TPSA) is 134 Å². The molecule has 1 aliphatic heterocycles. The average molecular weight is 391 g/mol. The zero-order valence-electron chi connectivity index (χ0n) is 14.8. The molecule has 0 aromatic carbocycles. The molecule has 3 heterocycles. The third-order valence-corrected chi connectivity index (χ3v) is 4.17. The number of nitrogens with zero attached hydrogens (tertiary/aromatic N) is 4.